The van der Waals surface area contributed by atoms with Crippen LogP contribution in [0.4, 0.5) is 0 Å². The van der Waals surface area contributed by atoms with Crippen molar-refractivity contribution in [1.29, 1.82) is 0 Å². The van der Waals surface area contributed by atoms with Gasteiger partial charge in [-0.15, -0.1) is 10.2 Å². The summed E-state index contributed by atoms with van der Waals surface area (Å²) in [5.41, 5.74) is 3.36. The first-order valence-corrected chi connectivity index (χ1v) is 9.69. The van der Waals surface area contributed by atoms with Gasteiger partial charge in [0.25, 0.3) is 5.56 Å². The predicted molar refractivity (Wildman–Crippen MR) is 107 cm³/mol. The molecule has 0 unspecified atom stereocenters. The van der Waals surface area contributed by atoms with E-state index < -0.39 is 0 Å². The lowest BCUT2D eigenvalue weighted by Gasteiger charge is -2.11. The highest BCUT2D eigenvalue weighted by atomic mass is 32.2. The average Bonchev–Trinajstić information content (AvgIpc) is 3.38. The molecule has 5 rings (SSSR count). The lowest BCUT2D eigenvalue weighted by Crippen LogP contribution is -2.21. The van der Waals surface area contributed by atoms with Gasteiger partial charge in [-0.25, -0.2) is 4.57 Å². The number of fused-ring (bicyclic) bond motifs is 3. The maximum atomic E-state index is 13.2. The first-order valence-electron chi connectivity index (χ1n) is 8.70. The number of thioether (sulfide) groups is 1. The molecule has 7 nitrogen and oxygen atoms in total. The minimum atomic E-state index is -0.118. The third kappa shape index (κ3) is 2.69. The van der Waals surface area contributed by atoms with Gasteiger partial charge in [0, 0.05) is 11.8 Å². The van der Waals surface area contributed by atoms with Crippen LogP contribution in [-0.4, -0.2) is 24.3 Å². The highest BCUT2D eigenvalue weighted by Crippen LogP contribution is 2.25. The molecule has 8 heteroatoms. The summed E-state index contributed by atoms with van der Waals surface area (Å²) in [6.07, 6.45) is 1.54. The summed E-state index contributed by atoms with van der Waals surface area (Å²) in [4.78, 5) is 13.2. The standard InChI is InChI=1S/C20H15N5O2S/c1-13-6-8-15(9-7-13)24-18(26)16-4-2-3-5-17(16)25-19(24)21-22-20(25)28-12-14-10-11-27-23-14/h2-11H,12H2,1H3. The van der Waals surface area contributed by atoms with E-state index in [4.69, 9.17) is 4.52 Å². The zero-order valence-electron chi connectivity index (χ0n) is 14.9. The van der Waals surface area contributed by atoms with Crippen LogP contribution in [-0.2, 0) is 5.75 Å². The van der Waals surface area contributed by atoms with Crippen LogP contribution in [0.2, 0.25) is 0 Å². The summed E-state index contributed by atoms with van der Waals surface area (Å²) in [7, 11) is 0. The molecule has 0 aliphatic carbocycles. The van der Waals surface area contributed by atoms with Gasteiger partial charge < -0.3 is 4.52 Å². The highest BCUT2D eigenvalue weighted by Gasteiger charge is 2.18. The third-order valence-electron chi connectivity index (χ3n) is 4.53. The van der Waals surface area contributed by atoms with Crippen molar-refractivity contribution in [3.05, 3.63) is 82.5 Å². The van der Waals surface area contributed by atoms with E-state index in [-0.39, 0.29) is 5.56 Å². The lowest BCUT2D eigenvalue weighted by molar-refractivity contribution is 0.414. The van der Waals surface area contributed by atoms with E-state index in [1.807, 2.05) is 65.9 Å². The minimum absolute atomic E-state index is 0.118. The molecule has 0 bridgehead atoms. The Bertz CT molecular complexity index is 1340. The zero-order valence-corrected chi connectivity index (χ0v) is 15.8. The summed E-state index contributed by atoms with van der Waals surface area (Å²) in [6, 6.07) is 17.1. The van der Waals surface area contributed by atoms with Crippen LogP contribution in [0, 0.1) is 6.92 Å². The Balaban J connectivity index is 1.76. The lowest BCUT2D eigenvalue weighted by atomic mass is 10.2. The molecule has 0 atom stereocenters. The second-order valence-corrected chi connectivity index (χ2v) is 7.33. The van der Waals surface area contributed by atoms with Gasteiger partial charge in [-0.05, 0) is 31.2 Å². The van der Waals surface area contributed by atoms with E-state index in [0.29, 0.717) is 22.1 Å². The van der Waals surface area contributed by atoms with Crippen LogP contribution in [0.3, 0.4) is 0 Å². The van der Waals surface area contributed by atoms with Crippen LogP contribution >= 0.6 is 11.8 Å². The van der Waals surface area contributed by atoms with E-state index in [1.54, 1.807) is 10.8 Å². The molecular formula is C20H15N5O2S. The molecule has 0 saturated heterocycles. The molecule has 0 spiro atoms. The van der Waals surface area contributed by atoms with Gasteiger partial charge in [0.2, 0.25) is 5.78 Å². The highest BCUT2D eigenvalue weighted by molar-refractivity contribution is 7.98. The van der Waals surface area contributed by atoms with Crippen molar-refractivity contribution >= 4 is 28.4 Å². The van der Waals surface area contributed by atoms with Crippen molar-refractivity contribution in [2.45, 2.75) is 17.8 Å². The van der Waals surface area contributed by atoms with Crippen molar-refractivity contribution in [3.8, 4) is 5.69 Å². The predicted octanol–water partition coefficient (Wildman–Crippen LogP) is 3.62. The van der Waals surface area contributed by atoms with Gasteiger partial charge in [-0.3, -0.25) is 9.20 Å². The van der Waals surface area contributed by atoms with Gasteiger partial charge in [0.15, 0.2) is 5.16 Å². The summed E-state index contributed by atoms with van der Waals surface area (Å²) in [5.74, 6) is 1.07. The van der Waals surface area contributed by atoms with E-state index in [2.05, 4.69) is 15.4 Å². The van der Waals surface area contributed by atoms with E-state index in [0.717, 1.165) is 22.5 Å². The van der Waals surface area contributed by atoms with Gasteiger partial charge in [0.05, 0.1) is 22.3 Å². The van der Waals surface area contributed by atoms with Crippen LogP contribution in [0.25, 0.3) is 22.4 Å². The normalized spacial score (nSPS) is 11.5. The fourth-order valence-electron chi connectivity index (χ4n) is 3.15. The molecule has 0 aliphatic rings. The SMILES string of the molecule is Cc1ccc(-n2c(=O)c3ccccc3n3c(SCc4ccon4)nnc23)cc1. The Labute approximate surface area is 163 Å². The molecule has 3 heterocycles. The van der Waals surface area contributed by atoms with Gasteiger partial charge in [-0.1, -0.05) is 46.7 Å². The average molecular weight is 389 g/mol. The zero-order chi connectivity index (χ0) is 19.1. The monoisotopic (exact) mass is 389 g/mol. The molecule has 0 amide bonds. The summed E-state index contributed by atoms with van der Waals surface area (Å²) in [6.45, 7) is 2.01. The van der Waals surface area contributed by atoms with E-state index >= 15 is 0 Å². The first-order chi connectivity index (χ1) is 13.7. The number of aromatic nitrogens is 5. The Morgan fingerprint density at radius 2 is 1.86 bits per heavy atom. The minimum Gasteiger partial charge on any atom is -0.364 e. The van der Waals surface area contributed by atoms with Crippen molar-refractivity contribution in [2.75, 3.05) is 0 Å². The molecule has 3 aromatic heterocycles. The number of hydrogen-bond donors (Lipinski definition) is 0. The van der Waals surface area contributed by atoms with Gasteiger partial charge in [-0.2, -0.15) is 0 Å². The smallest absolute Gasteiger partial charge is 0.267 e. The van der Waals surface area contributed by atoms with Crippen LogP contribution < -0.4 is 5.56 Å². The van der Waals surface area contributed by atoms with E-state index in [1.165, 1.54) is 11.8 Å². The summed E-state index contributed by atoms with van der Waals surface area (Å²) in [5, 5.41) is 13.9. The second kappa shape index (κ2) is 6.65. The Morgan fingerprint density at radius 3 is 2.64 bits per heavy atom. The molecule has 0 aliphatic heterocycles. The third-order valence-corrected chi connectivity index (χ3v) is 5.49. The van der Waals surface area contributed by atoms with Crippen LogP contribution in [0.15, 0.2) is 75.3 Å². The van der Waals surface area contributed by atoms with Crippen LogP contribution in [0.5, 0.6) is 0 Å². The molecule has 5 aromatic rings. The second-order valence-electron chi connectivity index (χ2n) is 6.39. The van der Waals surface area contributed by atoms with Gasteiger partial charge in [0.1, 0.15) is 6.26 Å². The molecule has 0 radical (unpaired) electrons. The molecule has 2 aromatic carbocycles. The maximum Gasteiger partial charge on any atom is 0.267 e. The van der Waals surface area contributed by atoms with Crippen LogP contribution in [0.1, 0.15) is 11.3 Å². The number of para-hydroxylation sites is 1. The number of aryl methyl sites for hydroxylation is 1. The fraction of sp³-hybridized carbons (Fsp3) is 0.100. The molecule has 0 saturated carbocycles. The summed E-state index contributed by atoms with van der Waals surface area (Å²) < 4.78 is 8.42. The van der Waals surface area contributed by atoms with Crippen molar-refractivity contribution < 1.29 is 4.52 Å². The maximum absolute atomic E-state index is 13.2. The largest absolute Gasteiger partial charge is 0.364 e. The summed E-state index contributed by atoms with van der Waals surface area (Å²) >= 11 is 1.49. The molecule has 138 valence electrons. The Kier molecular flexibility index (Phi) is 3.98. The first kappa shape index (κ1) is 16.8. The quantitative estimate of drug-likeness (QED) is 0.437. The molecule has 0 N–H and O–H groups in total. The van der Waals surface area contributed by atoms with Gasteiger partial charge >= 0.3 is 0 Å². The number of benzene rings is 2. The van der Waals surface area contributed by atoms with Crippen molar-refractivity contribution in [2.24, 2.45) is 0 Å². The topological polar surface area (TPSA) is 78.2 Å². The number of hydrogen-bond acceptors (Lipinski definition) is 6. The Hall–Kier alpha value is -3.39. The molecular weight excluding hydrogens is 374 g/mol. The van der Waals surface area contributed by atoms with Crippen molar-refractivity contribution in [1.82, 2.24) is 24.3 Å². The number of nitrogens with zero attached hydrogens (tertiary/aromatic N) is 5. The molecule has 28 heavy (non-hydrogen) atoms. The fourth-order valence-corrected chi connectivity index (χ4v) is 3.98. The van der Waals surface area contributed by atoms with Crippen molar-refractivity contribution in [3.63, 3.8) is 0 Å². The molecule has 0 fully saturated rings. The Morgan fingerprint density at radius 1 is 1.04 bits per heavy atom. The number of rotatable bonds is 4. The van der Waals surface area contributed by atoms with E-state index in [9.17, 15) is 4.79 Å².